The molecule has 23 heavy (non-hydrogen) atoms. The van der Waals surface area contributed by atoms with Gasteiger partial charge in [0.05, 0.1) is 6.10 Å². The Morgan fingerprint density at radius 3 is 2.65 bits per heavy atom. The second-order valence-corrected chi connectivity index (χ2v) is 7.15. The van der Waals surface area contributed by atoms with Gasteiger partial charge in [0.25, 0.3) is 0 Å². The minimum absolute atomic E-state index is 0.265. The van der Waals surface area contributed by atoms with Crippen molar-refractivity contribution in [2.75, 3.05) is 0 Å². The van der Waals surface area contributed by atoms with Crippen molar-refractivity contribution in [3.05, 3.63) is 12.2 Å². The van der Waals surface area contributed by atoms with Crippen molar-refractivity contribution in [1.29, 1.82) is 0 Å². The largest absolute Gasteiger partial charge is 0.481 e. The van der Waals surface area contributed by atoms with Crippen LogP contribution < -0.4 is 0 Å². The van der Waals surface area contributed by atoms with Crippen LogP contribution in [-0.2, 0) is 4.79 Å². The lowest BCUT2D eigenvalue weighted by Gasteiger charge is -2.16. The highest BCUT2D eigenvalue weighted by atomic mass is 16.4. The fourth-order valence-corrected chi connectivity index (χ4v) is 3.68. The van der Waals surface area contributed by atoms with Crippen LogP contribution in [-0.4, -0.2) is 22.3 Å². The zero-order chi connectivity index (χ0) is 16.9. The Hall–Kier alpha value is -0.830. The van der Waals surface area contributed by atoms with Gasteiger partial charge < -0.3 is 10.2 Å². The number of aliphatic hydroxyl groups is 1. The molecule has 1 aliphatic carbocycles. The number of rotatable bonds is 13. The molecule has 134 valence electrons. The maximum Gasteiger partial charge on any atom is 0.303 e. The van der Waals surface area contributed by atoms with Gasteiger partial charge in [-0.05, 0) is 43.9 Å². The Bertz CT molecular complexity index is 338. The van der Waals surface area contributed by atoms with E-state index in [1.165, 1.54) is 44.9 Å². The summed E-state index contributed by atoms with van der Waals surface area (Å²) in [6.07, 6.45) is 18.1. The summed E-state index contributed by atoms with van der Waals surface area (Å²) in [6.45, 7) is 2.19. The molecule has 0 amide bonds. The summed E-state index contributed by atoms with van der Waals surface area (Å²) in [5.41, 5.74) is 0. The summed E-state index contributed by atoms with van der Waals surface area (Å²) in [6, 6.07) is 0. The first-order valence-electron chi connectivity index (χ1n) is 9.71. The quantitative estimate of drug-likeness (QED) is 0.356. The topological polar surface area (TPSA) is 57.5 Å². The van der Waals surface area contributed by atoms with E-state index in [4.69, 9.17) is 5.11 Å². The molecule has 0 spiro atoms. The van der Waals surface area contributed by atoms with Gasteiger partial charge in [-0.25, -0.2) is 0 Å². The molecule has 3 atom stereocenters. The first kappa shape index (κ1) is 20.2. The fraction of sp³-hybridized carbons (Fsp3) is 0.850. The van der Waals surface area contributed by atoms with Gasteiger partial charge in [-0.1, -0.05) is 64.0 Å². The molecule has 1 saturated carbocycles. The van der Waals surface area contributed by atoms with Crippen LogP contribution in [0.3, 0.4) is 0 Å². The number of allylic oxidation sites excluding steroid dienone is 1. The Labute approximate surface area is 142 Å². The molecule has 3 heteroatoms. The lowest BCUT2D eigenvalue weighted by atomic mass is 9.89. The van der Waals surface area contributed by atoms with E-state index in [1.54, 1.807) is 0 Å². The third-order valence-electron chi connectivity index (χ3n) is 5.12. The molecule has 2 N–H and O–H groups in total. The number of unbranched alkanes of at least 4 members (excludes halogenated alkanes) is 5. The maximum atomic E-state index is 10.5. The maximum absolute atomic E-state index is 10.5. The van der Waals surface area contributed by atoms with Gasteiger partial charge in [0.15, 0.2) is 0 Å². The Kier molecular flexibility index (Phi) is 11.1. The van der Waals surface area contributed by atoms with Crippen molar-refractivity contribution in [1.82, 2.24) is 0 Å². The summed E-state index contributed by atoms with van der Waals surface area (Å²) >= 11 is 0. The molecule has 0 aromatic rings. The number of hydrogen-bond donors (Lipinski definition) is 2. The number of carboxylic acids is 1. The first-order chi connectivity index (χ1) is 11.1. The predicted octanol–water partition coefficient (Wildman–Crippen LogP) is 5.33. The van der Waals surface area contributed by atoms with Crippen LogP contribution in [0.4, 0.5) is 0 Å². The molecular formula is C20H36O3. The average molecular weight is 325 g/mol. The highest BCUT2D eigenvalue weighted by molar-refractivity contribution is 5.66. The second kappa shape index (κ2) is 12.6. The predicted molar refractivity (Wildman–Crippen MR) is 95.5 cm³/mol. The van der Waals surface area contributed by atoms with Gasteiger partial charge in [0.2, 0.25) is 0 Å². The van der Waals surface area contributed by atoms with E-state index in [9.17, 15) is 9.90 Å². The summed E-state index contributed by atoms with van der Waals surface area (Å²) in [5.74, 6) is 0.742. The molecule has 1 rings (SSSR count). The van der Waals surface area contributed by atoms with Crippen LogP contribution in [0.5, 0.6) is 0 Å². The van der Waals surface area contributed by atoms with E-state index in [0.29, 0.717) is 12.3 Å². The van der Waals surface area contributed by atoms with Gasteiger partial charge in [0.1, 0.15) is 0 Å². The summed E-state index contributed by atoms with van der Waals surface area (Å²) < 4.78 is 0. The standard InChI is InChI=1S/C20H36O3/c1-2-3-6-13-19(21)16-15-18-12-9-11-17(18)10-7-4-5-8-14-20(22)23/h15-19,21H,2-14H2,1H3,(H,22,23)/b16-15+/t17-,18?,19-/m0/s1. The molecule has 0 saturated heterocycles. The Balaban J connectivity index is 2.16. The SMILES string of the molecule is CCCCC[C@H](O)/C=C/C1CCC[C@@H]1CCCCCCC(=O)O. The summed E-state index contributed by atoms with van der Waals surface area (Å²) in [7, 11) is 0. The van der Waals surface area contributed by atoms with Crippen LogP contribution in [0.2, 0.25) is 0 Å². The first-order valence-corrected chi connectivity index (χ1v) is 9.71. The van der Waals surface area contributed by atoms with Crippen molar-refractivity contribution in [2.24, 2.45) is 11.8 Å². The molecule has 1 fully saturated rings. The number of carbonyl (C=O) groups is 1. The van der Waals surface area contributed by atoms with Gasteiger partial charge in [-0.3, -0.25) is 4.79 Å². The summed E-state index contributed by atoms with van der Waals surface area (Å²) in [4.78, 5) is 10.5. The molecule has 1 aliphatic rings. The van der Waals surface area contributed by atoms with E-state index >= 15 is 0 Å². The van der Waals surface area contributed by atoms with Gasteiger partial charge in [-0.15, -0.1) is 0 Å². The smallest absolute Gasteiger partial charge is 0.303 e. The number of aliphatic carboxylic acids is 1. The molecule has 0 radical (unpaired) electrons. The van der Waals surface area contributed by atoms with Crippen LogP contribution in [0.25, 0.3) is 0 Å². The van der Waals surface area contributed by atoms with E-state index in [2.05, 4.69) is 13.0 Å². The fourth-order valence-electron chi connectivity index (χ4n) is 3.68. The number of carboxylic acid groups (broad SMARTS) is 1. The third-order valence-corrected chi connectivity index (χ3v) is 5.12. The molecule has 0 aliphatic heterocycles. The molecule has 0 aromatic carbocycles. The highest BCUT2D eigenvalue weighted by Gasteiger charge is 2.24. The van der Waals surface area contributed by atoms with Crippen LogP contribution in [0.15, 0.2) is 12.2 Å². The monoisotopic (exact) mass is 324 g/mol. The van der Waals surface area contributed by atoms with Crippen molar-refractivity contribution in [2.45, 2.75) is 96.5 Å². The van der Waals surface area contributed by atoms with Gasteiger partial charge >= 0.3 is 5.97 Å². The van der Waals surface area contributed by atoms with Crippen molar-refractivity contribution in [3.8, 4) is 0 Å². The molecule has 3 nitrogen and oxygen atoms in total. The molecule has 0 bridgehead atoms. The van der Waals surface area contributed by atoms with Crippen molar-refractivity contribution < 1.29 is 15.0 Å². The van der Waals surface area contributed by atoms with Crippen LogP contribution in [0.1, 0.15) is 90.4 Å². The number of hydrogen-bond acceptors (Lipinski definition) is 2. The van der Waals surface area contributed by atoms with E-state index in [1.807, 2.05) is 6.08 Å². The lowest BCUT2D eigenvalue weighted by Crippen LogP contribution is -2.08. The van der Waals surface area contributed by atoms with Gasteiger partial charge in [-0.2, -0.15) is 0 Å². The second-order valence-electron chi connectivity index (χ2n) is 7.15. The Morgan fingerprint density at radius 1 is 1.13 bits per heavy atom. The van der Waals surface area contributed by atoms with Crippen molar-refractivity contribution in [3.63, 3.8) is 0 Å². The van der Waals surface area contributed by atoms with Crippen LogP contribution >= 0.6 is 0 Å². The minimum atomic E-state index is -0.677. The zero-order valence-corrected chi connectivity index (χ0v) is 14.9. The van der Waals surface area contributed by atoms with Crippen molar-refractivity contribution >= 4 is 5.97 Å². The molecule has 1 unspecified atom stereocenters. The highest BCUT2D eigenvalue weighted by Crippen LogP contribution is 2.36. The van der Waals surface area contributed by atoms with Gasteiger partial charge in [0, 0.05) is 6.42 Å². The third kappa shape index (κ3) is 9.80. The molecule has 0 heterocycles. The minimum Gasteiger partial charge on any atom is -0.481 e. The van der Waals surface area contributed by atoms with Crippen LogP contribution in [0, 0.1) is 11.8 Å². The average Bonchev–Trinajstić information content (AvgIpc) is 2.96. The van der Waals surface area contributed by atoms with E-state index < -0.39 is 5.97 Å². The van der Waals surface area contributed by atoms with E-state index in [0.717, 1.165) is 38.0 Å². The molecule has 0 aromatic heterocycles. The van der Waals surface area contributed by atoms with E-state index in [-0.39, 0.29) is 6.10 Å². The normalized spacial score (nSPS) is 22.7. The zero-order valence-electron chi connectivity index (χ0n) is 14.9. The number of aliphatic hydroxyl groups excluding tert-OH is 1. The Morgan fingerprint density at radius 2 is 1.91 bits per heavy atom. The molecular weight excluding hydrogens is 288 g/mol. The summed E-state index contributed by atoms with van der Waals surface area (Å²) in [5, 5.41) is 18.6. The lowest BCUT2D eigenvalue weighted by molar-refractivity contribution is -0.137.